The summed E-state index contributed by atoms with van der Waals surface area (Å²) in [7, 11) is -3.21. The molecule has 2 aliphatic heterocycles. The van der Waals surface area contributed by atoms with Crippen LogP contribution in [0.4, 0.5) is 0 Å². The van der Waals surface area contributed by atoms with Gasteiger partial charge in [0, 0.05) is 40.9 Å². The van der Waals surface area contributed by atoms with Crippen molar-refractivity contribution in [2.24, 2.45) is 0 Å². The molecule has 7 heteroatoms. The zero-order valence-corrected chi connectivity index (χ0v) is 19.8. The smallest absolute Gasteiger partial charge is 0.156 e. The van der Waals surface area contributed by atoms with Crippen LogP contribution in [0.15, 0.2) is 48.7 Å². The van der Waals surface area contributed by atoms with Crippen LogP contribution in [0.1, 0.15) is 54.2 Å². The Morgan fingerprint density at radius 2 is 2.00 bits per heavy atom. The highest BCUT2D eigenvalue weighted by atomic mass is 32.2. The average Bonchev–Trinajstić information content (AvgIpc) is 2.77. The largest absolute Gasteiger partial charge is 0.486 e. The Kier molecular flexibility index (Phi) is 5.67. The quantitative estimate of drug-likeness (QED) is 0.606. The number of hydrogen-bond donors (Lipinski definition) is 1. The van der Waals surface area contributed by atoms with Crippen molar-refractivity contribution in [2.45, 2.75) is 44.3 Å². The summed E-state index contributed by atoms with van der Waals surface area (Å²) in [5, 5.41) is 13.0. The number of pyridine rings is 1. The predicted molar refractivity (Wildman–Crippen MR) is 127 cm³/mol. The van der Waals surface area contributed by atoms with Gasteiger partial charge in [0.15, 0.2) is 9.84 Å². The van der Waals surface area contributed by atoms with E-state index in [0.717, 1.165) is 47.0 Å². The van der Waals surface area contributed by atoms with E-state index in [1.165, 1.54) is 0 Å². The Morgan fingerprint density at radius 3 is 2.73 bits per heavy atom. The zero-order valence-electron chi connectivity index (χ0n) is 19.0. The fourth-order valence-electron chi connectivity index (χ4n) is 5.04. The molecule has 2 aromatic carbocycles. The van der Waals surface area contributed by atoms with E-state index in [1.807, 2.05) is 19.2 Å². The van der Waals surface area contributed by atoms with Crippen LogP contribution in [0, 0.1) is 6.92 Å². The van der Waals surface area contributed by atoms with Gasteiger partial charge in [0.05, 0.1) is 18.1 Å². The molecule has 3 heterocycles. The Balaban J connectivity index is 1.50. The summed E-state index contributed by atoms with van der Waals surface area (Å²) in [6, 6.07) is 13.6. The molecular formula is C26H29NO5S. The van der Waals surface area contributed by atoms with E-state index in [2.05, 4.69) is 25.1 Å². The number of para-hydroxylation sites is 1. The minimum absolute atomic E-state index is 0.277. The summed E-state index contributed by atoms with van der Waals surface area (Å²) in [6.45, 7) is 5.54. The van der Waals surface area contributed by atoms with E-state index in [4.69, 9.17) is 14.5 Å². The zero-order chi connectivity index (χ0) is 23.2. The molecule has 174 valence electrons. The van der Waals surface area contributed by atoms with Crippen LogP contribution < -0.4 is 4.74 Å². The number of rotatable bonds is 5. The third-order valence-corrected chi connectivity index (χ3v) is 8.49. The minimum atomic E-state index is -3.21. The van der Waals surface area contributed by atoms with Crippen molar-refractivity contribution in [1.29, 1.82) is 0 Å². The number of aromatic nitrogens is 1. The number of aliphatic hydroxyl groups is 1. The molecule has 2 fully saturated rings. The molecule has 33 heavy (non-hydrogen) atoms. The second-order valence-corrected chi connectivity index (χ2v) is 11.5. The molecule has 2 saturated heterocycles. The molecule has 2 aliphatic rings. The Hall–Kier alpha value is -2.48. The van der Waals surface area contributed by atoms with Crippen molar-refractivity contribution in [3.8, 4) is 5.75 Å². The number of benzene rings is 2. The highest BCUT2D eigenvalue weighted by Crippen LogP contribution is 2.41. The van der Waals surface area contributed by atoms with Crippen LogP contribution >= 0.6 is 0 Å². The topological polar surface area (TPSA) is 85.7 Å². The third-order valence-electron chi connectivity index (χ3n) is 6.66. The summed E-state index contributed by atoms with van der Waals surface area (Å²) in [4.78, 5) is 4.72. The first kappa shape index (κ1) is 22.3. The van der Waals surface area contributed by atoms with Gasteiger partial charge < -0.3 is 14.6 Å². The van der Waals surface area contributed by atoms with E-state index >= 15 is 0 Å². The number of hydrogen-bond acceptors (Lipinski definition) is 6. The third kappa shape index (κ3) is 4.37. The van der Waals surface area contributed by atoms with Crippen LogP contribution in [0.25, 0.3) is 10.8 Å². The van der Waals surface area contributed by atoms with Crippen LogP contribution in [-0.2, 0) is 20.2 Å². The molecule has 0 bridgehead atoms. The Labute approximate surface area is 194 Å². The predicted octanol–water partition coefficient (Wildman–Crippen LogP) is 4.19. The fraction of sp³-hybridized carbons (Fsp3) is 0.423. The molecule has 1 aromatic heterocycles. The maximum atomic E-state index is 11.8. The normalized spacial score (nSPS) is 22.5. The lowest BCUT2D eigenvalue weighted by Gasteiger charge is -2.37. The van der Waals surface area contributed by atoms with Gasteiger partial charge in [-0.05, 0) is 50.3 Å². The number of aryl methyl sites for hydroxylation is 1. The van der Waals surface area contributed by atoms with Crippen LogP contribution in [-0.4, -0.2) is 43.2 Å². The van der Waals surface area contributed by atoms with Gasteiger partial charge in [-0.1, -0.05) is 29.8 Å². The number of nitrogens with zero attached hydrogens (tertiary/aromatic N) is 1. The van der Waals surface area contributed by atoms with E-state index in [0.29, 0.717) is 23.8 Å². The van der Waals surface area contributed by atoms with Crippen molar-refractivity contribution >= 4 is 20.6 Å². The SMILES string of the molecule is Cc1cc([C@@H](C)Oc2ccccc2C2(O)CS(=O)(=O)C2)c2cc(C3CCCOC3)ncc2c1. The summed E-state index contributed by atoms with van der Waals surface area (Å²) >= 11 is 0. The summed E-state index contributed by atoms with van der Waals surface area (Å²) < 4.78 is 35.6. The molecule has 5 rings (SSSR count). The van der Waals surface area contributed by atoms with E-state index < -0.39 is 15.4 Å². The molecule has 2 atom stereocenters. The molecule has 0 radical (unpaired) electrons. The first-order valence-corrected chi connectivity index (χ1v) is 13.2. The number of ether oxygens (including phenoxy) is 2. The van der Waals surface area contributed by atoms with Gasteiger partial charge >= 0.3 is 0 Å². The number of fused-ring (bicyclic) bond motifs is 1. The Bertz CT molecular complexity index is 1290. The standard InChI is InChI=1S/C26H29NO5S/c1-17-10-20-13-27-24(19-6-5-9-31-14-19)12-22(20)21(11-17)18(2)32-25-8-4-3-7-23(25)26(28)15-33(29,30)16-26/h3-4,7-8,10-13,18-19,28H,5-6,9,14-16H2,1-2H3/t18-,19?/m1/s1. The van der Waals surface area contributed by atoms with Gasteiger partial charge in [-0.3, -0.25) is 4.98 Å². The van der Waals surface area contributed by atoms with E-state index in [-0.39, 0.29) is 17.6 Å². The molecular weight excluding hydrogens is 438 g/mol. The molecule has 0 aliphatic carbocycles. The van der Waals surface area contributed by atoms with Crippen molar-refractivity contribution in [2.75, 3.05) is 24.7 Å². The molecule has 0 amide bonds. The highest BCUT2D eigenvalue weighted by Gasteiger charge is 2.50. The number of sulfone groups is 1. The van der Waals surface area contributed by atoms with Gasteiger partial charge in [0.25, 0.3) is 0 Å². The molecule has 0 spiro atoms. The van der Waals surface area contributed by atoms with Gasteiger partial charge in [0.1, 0.15) is 17.5 Å². The van der Waals surface area contributed by atoms with Gasteiger partial charge in [-0.25, -0.2) is 8.42 Å². The van der Waals surface area contributed by atoms with E-state index in [9.17, 15) is 13.5 Å². The minimum Gasteiger partial charge on any atom is -0.486 e. The van der Waals surface area contributed by atoms with E-state index in [1.54, 1.807) is 18.2 Å². The Morgan fingerprint density at radius 1 is 1.21 bits per heavy atom. The summed E-state index contributed by atoms with van der Waals surface area (Å²) in [5.41, 5.74) is 2.30. The molecule has 1 N–H and O–H groups in total. The lowest BCUT2D eigenvalue weighted by Crippen LogP contribution is -2.52. The van der Waals surface area contributed by atoms with Crippen molar-refractivity contribution in [3.05, 3.63) is 71.0 Å². The van der Waals surface area contributed by atoms with Crippen molar-refractivity contribution < 1.29 is 23.0 Å². The van der Waals surface area contributed by atoms with Crippen molar-refractivity contribution in [1.82, 2.24) is 4.98 Å². The van der Waals surface area contributed by atoms with Gasteiger partial charge in [0.2, 0.25) is 0 Å². The second kappa shape index (κ2) is 8.38. The van der Waals surface area contributed by atoms with Crippen molar-refractivity contribution in [3.63, 3.8) is 0 Å². The lowest BCUT2D eigenvalue weighted by atomic mass is 9.93. The molecule has 3 aromatic rings. The van der Waals surface area contributed by atoms with Gasteiger partial charge in [-0.2, -0.15) is 0 Å². The fourth-order valence-corrected chi connectivity index (χ4v) is 6.72. The summed E-state index contributed by atoms with van der Waals surface area (Å²) in [5.74, 6) is 0.248. The first-order chi connectivity index (χ1) is 15.7. The maximum absolute atomic E-state index is 11.8. The van der Waals surface area contributed by atoms with Crippen LogP contribution in [0.2, 0.25) is 0 Å². The monoisotopic (exact) mass is 467 g/mol. The van der Waals surface area contributed by atoms with Gasteiger partial charge in [-0.15, -0.1) is 0 Å². The highest BCUT2D eigenvalue weighted by molar-refractivity contribution is 7.92. The summed E-state index contributed by atoms with van der Waals surface area (Å²) in [6.07, 6.45) is 3.73. The first-order valence-electron chi connectivity index (χ1n) is 11.4. The maximum Gasteiger partial charge on any atom is 0.156 e. The molecule has 6 nitrogen and oxygen atoms in total. The second-order valence-electron chi connectivity index (χ2n) is 9.42. The van der Waals surface area contributed by atoms with Crippen LogP contribution in [0.5, 0.6) is 5.75 Å². The molecule has 0 saturated carbocycles. The average molecular weight is 468 g/mol. The molecule has 1 unspecified atom stereocenters. The van der Waals surface area contributed by atoms with Crippen LogP contribution in [0.3, 0.4) is 0 Å². The lowest BCUT2D eigenvalue weighted by molar-refractivity contribution is 0.0637.